The van der Waals surface area contributed by atoms with Crippen LogP contribution in [0.1, 0.15) is 39.9 Å². The Bertz CT molecular complexity index is 1200. The minimum Gasteiger partial charge on any atom is -0.493 e. The Hall–Kier alpha value is -3.07. The highest BCUT2D eigenvalue weighted by atomic mass is 79.9. The van der Waals surface area contributed by atoms with Crippen LogP contribution in [0.2, 0.25) is 5.02 Å². The summed E-state index contributed by atoms with van der Waals surface area (Å²) in [5.74, 6) is -0.564. The maximum Gasteiger partial charge on any atom is 0.311 e. The number of carbonyl (C=O) groups is 2. The lowest BCUT2D eigenvalue weighted by molar-refractivity contribution is -0.139. The van der Waals surface area contributed by atoms with E-state index in [1.54, 1.807) is 43.5 Å². The number of nitrogens with zero attached hydrogens (tertiary/aromatic N) is 1. The lowest BCUT2D eigenvalue weighted by Gasteiger charge is -2.24. The van der Waals surface area contributed by atoms with Crippen LogP contribution in [0.25, 0.3) is 0 Å². The van der Waals surface area contributed by atoms with Crippen molar-refractivity contribution in [2.24, 2.45) is 0 Å². The normalized spacial score (nSPS) is 15.5. The van der Waals surface area contributed by atoms with Gasteiger partial charge in [0.2, 0.25) is 0 Å². The van der Waals surface area contributed by atoms with Crippen molar-refractivity contribution in [1.82, 2.24) is 3.93 Å². The van der Waals surface area contributed by atoms with Gasteiger partial charge in [0, 0.05) is 24.3 Å². The van der Waals surface area contributed by atoms with Gasteiger partial charge in [0.05, 0.1) is 40.2 Å². The SMILES string of the molecule is COC(CN(Br)C(=O)c1ccc(Oc2cc3c(cc2Cl)C(C(=O)O)CCO3)cc1)c1ccccc1. The van der Waals surface area contributed by atoms with Gasteiger partial charge in [-0.05, 0) is 42.3 Å². The van der Waals surface area contributed by atoms with Crippen LogP contribution in [-0.2, 0) is 9.53 Å². The number of aliphatic carboxylic acids is 1. The number of fused-ring (bicyclic) bond motifs is 1. The van der Waals surface area contributed by atoms with Crippen LogP contribution in [0.5, 0.6) is 17.2 Å². The molecule has 2 atom stereocenters. The molecule has 3 aromatic carbocycles. The largest absolute Gasteiger partial charge is 0.493 e. The molecule has 1 amide bonds. The van der Waals surface area contributed by atoms with Gasteiger partial charge in [-0.3, -0.25) is 13.5 Å². The van der Waals surface area contributed by atoms with E-state index in [0.29, 0.717) is 47.9 Å². The molecule has 3 aromatic rings. The van der Waals surface area contributed by atoms with Crippen LogP contribution in [0.4, 0.5) is 0 Å². The van der Waals surface area contributed by atoms with Crippen molar-refractivity contribution < 1.29 is 28.9 Å². The van der Waals surface area contributed by atoms with Gasteiger partial charge < -0.3 is 19.3 Å². The Balaban J connectivity index is 1.44. The van der Waals surface area contributed by atoms with E-state index in [2.05, 4.69) is 16.1 Å². The molecule has 0 radical (unpaired) electrons. The molecule has 0 aromatic heterocycles. The molecule has 35 heavy (non-hydrogen) atoms. The number of carbonyl (C=O) groups excluding carboxylic acids is 1. The Morgan fingerprint density at radius 2 is 1.89 bits per heavy atom. The third-order valence-corrected chi connectivity index (χ3v) is 6.64. The molecule has 0 fully saturated rings. The molecule has 0 spiro atoms. The van der Waals surface area contributed by atoms with Crippen molar-refractivity contribution >= 4 is 39.6 Å². The summed E-state index contributed by atoms with van der Waals surface area (Å²) in [6, 6.07) is 19.5. The fourth-order valence-electron chi connectivity index (χ4n) is 3.87. The molecular formula is C26H23BrClNO6. The number of hydrogen-bond acceptors (Lipinski definition) is 5. The molecule has 2 unspecified atom stereocenters. The average molecular weight is 561 g/mol. The van der Waals surface area contributed by atoms with Gasteiger partial charge >= 0.3 is 5.97 Å². The molecule has 4 rings (SSSR count). The summed E-state index contributed by atoms with van der Waals surface area (Å²) in [5, 5.41) is 9.72. The summed E-state index contributed by atoms with van der Waals surface area (Å²) in [4.78, 5) is 24.4. The molecule has 7 nitrogen and oxygen atoms in total. The Labute approximate surface area is 216 Å². The number of ether oxygens (including phenoxy) is 3. The lowest BCUT2D eigenvalue weighted by atomic mass is 9.93. The molecule has 1 aliphatic heterocycles. The predicted molar refractivity (Wildman–Crippen MR) is 135 cm³/mol. The van der Waals surface area contributed by atoms with Crippen molar-refractivity contribution in [3.05, 3.63) is 88.4 Å². The molecule has 1 N–H and O–H groups in total. The minimum atomic E-state index is -0.916. The Morgan fingerprint density at radius 3 is 2.54 bits per heavy atom. The van der Waals surface area contributed by atoms with Crippen molar-refractivity contribution in [2.75, 3.05) is 20.3 Å². The Kier molecular flexibility index (Phi) is 7.95. The third-order valence-electron chi connectivity index (χ3n) is 5.73. The molecular weight excluding hydrogens is 538 g/mol. The molecule has 0 saturated carbocycles. The van der Waals surface area contributed by atoms with Crippen LogP contribution < -0.4 is 9.47 Å². The van der Waals surface area contributed by atoms with Crippen LogP contribution in [-0.4, -0.2) is 41.2 Å². The zero-order valence-electron chi connectivity index (χ0n) is 18.8. The van der Waals surface area contributed by atoms with E-state index >= 15 is 0 Å². The van der Waals surface area contributed by atoms with Gasteiger partial charge in [0.1, 0.15) is 23.4 Å². The minimum absolute atomic E-state index is 0.227. The smallest absolute Gasteiger partial charge is 0.311 e. The number of halogens is 2. The summed E-state index contributed by atoms with van der Waals surface area (Å²) in [6.07, 6.45) is 0.103. The molecule has 0 saturated heterocycles. The second kappa shape index (κ2) is 11.1. The first-order chi connectivity index (χ1) is 16.9. The monoisotopic (exact) mass is 559 g/mol. The van der Waals surface area contributed by atoms with Crippen molar-refractivity contribution in [1.29, 1.82) is 0 Å². The number of rotatable bonds is 8. The van der Waals surface area contributed by atoms with Crippen molar-refractivity contribution in [2.45, 2.75) is 18.4 Å². The molecule has 1 aliphatic rings. The maximum absolute atomic E-state index is 12.9. The lowest BCUT2D eigenvalue weighted by Crippen LogP contribution is -2.27. The molecule has 0 aliphatic carbocycles. The van der Waals surface area contributed by atoms with Gasteiger partial charge in [-0.2, -0.15) is 0 Å². The zero-order valence-corrected chi connectivity index (χ0v) is 21.2. The van der Waals surface area contributed by atoms with Crippen LogP contribution in [0.15, 0.2) is 66.7 Å². The summed E-state index contributed by atoms with van der Waals surface area (Å²) < 4.78 is 18.5. The van der Waals surface area contributed by atoms with Crippen molar-refractivity contribution in [3.8, 4) is 17.2 Å². The van der Waals surface area contributed by atoms with E-state index < -0.39 is 11.9 Å². The third kappa shape index (κ3) is 5.78. The number of carboxylic acids is 1. The van der Waals surface area contributed by atoms with Gasteiger partial charge in [-0.1, -0.05) is 41.9 Å². The van der Waals surface area contributed by atoms with Crippen LogP contribution in [0.3, 0.4) is 0 Å². The zero-order chi connectivity index (χ0) is 24.9. The molecule has 0 bridgehead atoms. The summed E-state index contributed by atoms with van der Waals surface area (Å²) in [5.41, 5.74) is 1.96. The highest BCUT2D eigenvalue weighted by molar-refractivity contribution is 9.07. The second-order valence-electron chi connectivity index (χ2n) is 7.96. The number of benzene rings is 3. The van der Waals surface area contributed by atoms with Gasteiger partial charge in [-0.25, -0.2) is 0 Å². The van der Waals surface area contributed by atoms with Gasteiger partial charge in [-0.15, -0.1) is 0 Å². The predicted octanol–water partition coefficient (Wildman–Crippen LogP) is 6.22. The highest BCUT2D eigenvalue weighted by Gasteiger charge is 2.29. The summed E-state index contributed by atoms with van der Waals surface area (Å²) in [6.45, 7) is 0.624. The standard InChI is InChI=1S/C26H23BrClNO6/c1-33-24(16-5-3-2-4-6-16)15-29(27)25(30)17-7-9-18(10-8-17)35-23-14-22-20(13-21(23)28)19(26(31)32)11-12-34-22/h2-10,13-14,19,24H,11-12,15H2,1H3,(H,31,32). The summed E-state index contributed by atoms with van der Waals surface area (Å²) in [7, 11) is 1.60. The maximum atomic E-state index is 12.9. The van der Waals surface area contributed by atoms with E-state index in [1.165, 1.54) is 3.93 Å². The Morgan fingerprint density at radius 1 is 1.17 bits per heavy atom. The van der Waals surface area contributed by atoms with Crippen molar-refractivity contribution in [3.63, 3.8) is 0 Å². The van der Waals surface area contributed by atoms with Crippen LogP contribution >= 0.6 is 27.7 Å². The number of methoxy groups -OCH3 is 1. The second-order valence-corrected chi connectivity index (χ2v) is 9.22. The van der Waals surface area contributed by atoms with E-state index in [9.17, 15) is 14.7 Å². The van der Waals surface area contributed by atoms with E-state index in [-0.39, 0.29) is 17.0 Å². The first-order valence-electron chi connectivity index (χ1n) is 10.9. The molecule has 1 heterocycles. The highest BCUT2D eigenvalue weighted by Crippen LogP contribution is 2.41. The first kappa shape index (κ1) is 25.0. The van der Waals surface area contributed by atoms with E-state index in [1.807, 2.05) is 30.3 Å². The average Bonchev–Trinajstić information content (AvgIpc) is 2.87. The number of carboxylic acid groups (broad SMARTS) is 1. The molecule has 9 heteroatoms. The van der Waals surface area contributed by atoms with E-state index in [0.717, 1.165) is 5.56 Å². The van der Waals surface area contributed by atoms with Gasteiger partial charge in [0.25, 0.3) is 5.91 Å². The van der Waals surface area contributed by atoms with E-state index in [4.69, 9.17) is 25.8 Å². The van der Waals surface area contributed by atoms with Crippen LogP contribution in [0, 0.1) is 0 Å². The fourth-order valence-corrected chi connectivity index (χ4v) is 4.55. The summed E-state index contributed by atoms with van der Waals surface area (Å²) >= 11 is 9.71. The van der Waals surface area contributed by atoms with Gasteiger partial charge in [0.15, 0.2) is 0 Å². The number of hydrogen-bond donors (Lipinski definition) is 1. The number of amides is 1. The molecule has 182 valence electrons. The topological polar surface area (TPSA) is 85.3 Å². The first-order valence-corrected chi connectivity index (χ1v) is 12.0. The quantitative estimate of drug-likeness (QED) is 0.329. The fraction of sp³-hybridized carbons (Fsp3) is 0.231.